The van der Waals surface area contributed by atoms with E-state index in [-0.39, 0.29) is 17.6 Å². The van der Waals surface area contributed by atoms with Crippen molar-refractivity contribution in [2.45, 2.75) is 6.10 Å². The Bertz CT molecular complexity index is 1030. The molecule has 0 amide bonds. The third-order valence-electron chi connectivity index (χ3n) is 4.61. The van der Waals surface area contributed by atoms with Crippen LogP contribution in [-0.4, -0.2) is 47.3 Å². The average Bonchev–Trinajstić information content (AvgIpc) is 2.80. The van der Waals surface area contributed by atoms with Crippen molar-refractivity contribution in [1.29, 1.82) is 5.26 Å². The SMILES string of the molecule is N#Cc1cnc(Nc2cc(NCC3CNCCO3)c(-c3ccc(F)cc3)cn2)cn1. The predicted molar refractivity (Wildman–Crippen MR) is 111 cm³/mol. The predicted octanol–water partition coefficient (Wildman–Crippen LogP) is 2.69. The number of nitriles is 1. The molecule has 1 saturated heterocycles. The molecule has 3 aromatic rings. The van der Waals surface area contributed by atoms with Crippen LogP contribution in [0.3, 0.4) is 0 Å². The first-order chi connectivity index (χ1) is 14.7. The molecule has 30 heavy (non-hydrogen) atoms. The molecular formula is C21H20FN7O. The van der Waals surface area contributed by atoms with Crippen molar-refractivity contribution in [2.75, 3.05) is 36.9 Å². The summed E-state index contributed by atoms with van der Waals surface area (Å²) in [4.78, 5) is 12.6. The third-order valence-corrected chi connectivity index (χ3v) is 4.61. The van der Waals surface area contributed by atoms with Gasteiger partial charge in [-0.1, -0.05) is 12.1 Å². The van der Waals surface area contributed by atoms with Crippen LogP contribution in [0.15, 0.2) is 48.9 Å². The standard InChI is InChI=1S/C21H20FN7O/c22-15-3-1-14(2-4-15)18-12-28-20(29-21-13-25-16(8-23)9-27-21)7-19(18)26-11-17-10-24-5-6-30-17/h1-4,7,9,12-13,17,24H,5-6,10-11H2,(H2,26,27,28,29). The maximum absolute atomic E-state index is 13.4. The molecule has 0 saturated carbocycles. The van der Waals surface area contributed by atoms with E-state index in [2.05, 4.69) is 30.9 Å². The molecule has 1 aromatic carbocycles. The minimum Gasteiger partial charge on any atom is -0.382 e. The summed E-state index contributed by atoms with van der Waals surface area (Å²) in [6, 6.07) is 10.1. The van der Waals surface area contributed by atoms with Gasteiger partial charge in [0.25, 0.3) is 0 Å². The second-order valence-corrected chi connectivity index (χ2v) is 6.72. The quantitative estimate of drug-likeness (QED) is 0.575. The van der Waals surface area contributed by atoms with E-state index in [1.54, 1.807) is 18.3 Å². The average molecular weight is 405 g/mol. The number of pyridine rings is 1. The zero-order chi connectivity index (χ0) is 20.8. The first-order valence-corrected chi connectivity index (χ1v) is 9.52. The molecule has 0 bridgehead atoms. The summed E-state index contributed by atoms with van der Waals surface area (Å²) in [7, 11) is 0. The Balaban J connectivity index is 1.58. The number of nitrogens with zero attached hydrogens (tertiary/aromatic N) is 4. The van der Waals surface area contributed by atoms with Crippen molar-refractivity contribution >= 4 is 17.3 Å². The number of aromatic nitrogens is 3. The summed E-state index contributed by atoms with van der Waals surface area (Å²) in [6.45, 7) is 2.92. The van der Waals surface area contributed by atoms with Crippen molar-refractivity contribution in [2.24, 2.45) is 0 Å². The summed E-state index contributed by atoms with van der Waals surface area (Å²) in [6.07, 6.45) is 4.63. The van der Waals surface area contributed by atoms with E-state index < -0.39 is 0 Å². The molecule has 8 nitrogen and oxygen atoms in total. The minimum atomic E-state index is -0.291. The Labute approximate surface area is 173 Å². The van der Waals surface area contributed by atoms with Crippen LogP contribution < -0.4 is 16.0 Å². The lowest BCUT2D eigenvalue weighted by molar-refractivity contribution is 0.0372. The monoisotopic (exact) mass is 405 g/mol. The second-order valence-electron chi connectivity index (χ2n) is 6.72. The Morgan fingerprint density at radius 3 is 2.67 bits per heavy atom. The number of halogens is 1. The molecule has 152 valence electrons. The van der Waals surface area contributed by atoms with Crippen molar-refractivity contribution in [3.63, 3.8) is 0 Å². The molecule has 0 radical (unpaired) electrons. The Morgan fingerprint density at radius 2 is 1.97 bits per heavy atom. The number of hydrogen-bond donors (Lipinski definition) is 3. The Kier molecular flexibility index (Phi) is 6.08. The molecule has 3 N–H and O–H groups in total. The second kappa shape index (κ2) is 9.26. The molecular weight excluding hydrogens is 385 g/mol. The summed E-state index contributed by atoms with van der Waals surface area (Å²) in [5.74, 6) is 0.743. The van der Waals surface area contributed by atoms with Gasteiger partial charge in [0.2, 0.25) is 0 Å². The van der Waals surface area contributed by atoms with Gasteiger partial charge in [-0.3, -0.25) is 0 Å². The van der Waals surface area contributed by atoms with Crippen molar-refractivity contribution < 1.29 is 9.13 Å². The molecule has 9 heteroatoms. The summed E-state index contributed by atoms with van der Waals surface area (Å²) >= 11 is 0. The van der Waals surface area contributed by atoms with Crippen LogP contribution in [0.2, 0.25) is 0 Å². The zero-order valence-electron chi connectivity index (χ0n) is 16.1. The zero-order valence-corrected chi connectivity index (χ0v) is 16.1. The minimum absolute atomic E-state index is 0.0498. The first-order valence-electron chi connectivity index (χ1n) is 9.52. The number of hydrogen-bond acceptors (Lipinski definition) is 8. The van der Waals surface area contributed by atoms with Gasteiger partial charge in [-0.05, 0) is 17.7 Å². The first kappa shape index (κ1) is 19.7. The molecule has 0 spiro atoms. The lowest BCUT2D eigenvalue weighted by atomic mass is 10.1. The normalized spacial score (nSPS) is 15.9. The lowest BCUT2D eigenvalue weighted by Gasteiger charge is -2.25. The molecule has 2 aromatic heterocycles. The maximum atomic E-state index is 13.4. The maximum Gasteiger partial charge on any atom is 0.158 e. The fourth-order valence-electron chi connectivity index (χ4n) is 3.09. The molecule has 0 aliphatic carbocycles. The smallest absolute Gasteiger partial charge is 0.158 e. The van der Waals surface area contributed by atoms with Gasteiger partial charge in [-0.2, -0.15) is 5.26 Å². The van der Waals surface area contributed by atoms with Gasteiger partial charge in [0.1, 0.15) is 23.5 Å². The van der Waals surface area contributed by atoms with Crippen LogP contribution in [0.5, 0.6) is 0 Å². The molecule has 3 heterocycles. The van der Waals surface area contributed by atoms with E-state index >= 15 is 0 Å². The van der Waals surface area contributed by atoms with Gasteiger partial charge in [0.15, 0.2) is 5.69 Å². The number of morpholine rings is 1. The highest BCUT2D eigenvalue weighted by Gasteiger charge is 2.15. The van der Waals surface area contributed by atoms with E-state index in [1.165, 1.54) is 24.5 Å². The van der Waals surface area contributed by atoms with E-state index in [9.17, 15) is 4.39 Å². The van der Waals surface area contributed by atoms with Gasteiger partial charge in [-0.15, -0.1) is 0 Å². The fourth-order valence-corrected chi connectivity index (χ4v) is 3.09. The highest BCUT2D eigenvalue weighted by molar-refractivity contribution is 5.79. The largest absolute Gasteiger partial charge is 0.382 e. The Hall–Kier alpha value is -3.61. The summed E-state index contributed by atoms with van der Waals surface area (Å²) < 4.78 is 19.1. The number of benzene rings is 1. The van der Waals surface area contributed by atoms with Crippen LogP contribution in [0.25, 0.3) is 11.1 Å². The molecule has 1 atom stereocenters. The van der Waals surface area contributed by atoms with E-state index in [1.807, 2.05) is 12.1 Å². The summed E-state index contributed by atoms with van der Waals surface area (Å²) in [5.41, 5.74) is 2.76. The highest BCUT2D eigenvalue weighted by atomic mass is 19.1. The number of nitrogens with one attached hydrogen (secondary N) is 3. The van der Waals surface area contributed by atoms with Crippen LogP contribution in [0, 0.1) is 17.1 Å². The molecule has 1 aliphatic rings. The van der Waals surface area contributed by atoms with Crippen LogP contribution in [0.4, 0.5) is 21.7 Å². The van der Waals surface area contributed by atoms with Crippen LogP contribution in [0.1, 0.15) is 5.69 Å². The van der Waals surface area contributed by atoms with Crippen molar-refractivity contribution in [3.05, 3.63) is 60.4 Å². The van der Waals surface area contributed by atoms with Gasteiger partial charge in [0.05, 0.1) is 25.1 Å². The van der Waals surface area contributed by atoms with Gasteiger partial charge in [0, 0.05) is 43.1 Å². The van der Waals surface area contributed by atoms with E-state index in [4.69, 9.17) is 10.00 Å². The third kappa shape index (κ3) is 4.86. The highest BCUT2D eigenvalue weighted by Crippen LogP contribution is 2.30. The van der Waals surface area contributed by atoms with Crippen LogP contribution >= 0.6 is 0 Å². The van der Waals surface area contributed by atoms with Crippen molar-refractivity contribution in [1.82, 2.24) is 20.3 Å². The number of rotatable bonds is 6. The van der Waals surface area contributed by atoms with Crippen molar-refractivity contribution in [3.8, 4) is 17.2 Å². The lowest BCUT2D eigenvalue weighted by Crippen LogP contribution is -2.42. The topological polar surface area (TPSA) is 108 Å². The molecule has 1 aliphatic heterocycles. The number of ether oxygens (including phenoxy) is 1. The molecule has 4 rings (SSSR count). The van der Waals surface area contributed by atoms with Gasteiger partial charge < -0.3 is 20.7 Å². The van der Waals surface area contributed by atoms with E-state index in [0.717, 1.165) is 29.9 Å². The summed E-state index contributed by atoms with van der Waals surface area (Å²) in [5, 5.41) is 18.7. The molecule has 1 unspecified atom stereocenters. The molecule has 1 fully saturated rings. The fraction of sp³-hybridized carbons (Fsp3) is 0.238. The van der Waals surface area contributed by atoms with E-state index in [0.29, 0.717) is 24.8 Å². The van der Waals surface area contributed by atoms with Gasteiger partial charge in [-0.25, -0.2) is 19.3 Å². The Morgan fingerprint density at radius 1 is 1.13 bits per heavy atom. The number of anilines is 3. The van der Waals surface area contributed by atoms with Gasteiger partial charge >= 0.3 is 0 Å². The van der Waals surface area contributed by atoms with Crippen LogP contribution in [-0.2, 0) is 4.74 Å².